The van der Waals surface area contributed by atoms with Crippen LogP contribution in [0.1, 0.15) is 24.4 Å². The summed E-state index contributed by atoms with van der Waals surface area (Å²) in [5.74, 6) is 0.686. The maximum absolute atomic E-state index is 13.2. The number of likely N-dealkylation sites (N-methyl/N-ethyl adjacent to an activating group) is 1. The number of nitrogens with one attached hydrogen (secondary N) is 1. The average molecular weight is 465 g/mol. The number of carbonyl (C=O) groups is 2. The highest BCUT2D eigenvalue weighted by Crippen LogP contribution is 2.21. The number of para-hydroxylation sites is 1. The van der Waals surface area contributed by atoms with Gasteiger partial charge in [0.2, 0.25) is 5.91 Å². The van der Waals surface area contributed by atoms with Crippen LogP contribution in [0.2, 0.25) is 0 Å². The third-order valence-electron chi connectivity index (χ3n) is 6.88. The van der Waals surface area contributed by atoms with Gasteiger partial charge in [0, 0.05) is 51.7 Å². The van der Waals surface area contributed by atoms with Gasteiger partial charge in [-0.1, -0.05) is 48.5 Å². The summed E-state index contributed by atoms with van der Waals surface area (Å²) in [6.07, 6.45) is 1.36. The molecule has 1 atom stereocenters. The van der Waals surface area contributed by atoms with Gasteiger partial charge in [0.25, 0.3) is 5.91 Å². The Morgan fingerprint density at radius 3 is 2.18 bits per heavy atom. The van der Waals surface area contributed by atoms with E-state index in [0.717, 1.165) is 38.3 Å². The van der Waals surface area contributed by atoms with Crippen molar-refractivity contribution in [1.82, 2.24) is 20.0 Å². The molecule has 0 spiro atoms. The summed E-state index contributed by atoms with van der Waals surface area (Å²) in [5.41, 5.74) is 1.14. The van der Waals surface area contributed by atoms with Crippen molar-refractivity contribution in [2.24, 2.45) is 5.92 Å². The molecule has 2 fully saturated rings. The first kappa shape index (κ1) is 24.2. The second-order valence-corrected chi connectivity index (χ2v) is 9.33. The molecule has 2 aliphatic rings. The molecule has 7 nitrogen and oxygen atoms in total. The molecule has 2 heterocycles. The van der Waals surface area contributed by atoms with Gasteiger partial charge in [0.05, 0.1) is 6.04 Å². The van der Waals surface area contributed by atoms with Gasteiger partial charge in [-0.3, -0.25) is 14.5 Å². The molecular weight excluding hydrogens is 428 g/mol. The van der Waals surface area contributed by atoms with Gasteiger partial charge in [0.1, 0.15) is 5.75 Å². The molecule has 1 N–H and O–H groups in total. The van der Waals surface area contributed by atoms with E-state index in [9.17, 15) is 9.59 Å². The first-order valence-corrected chi connectivity index (χ1v) is 12.3. The predicted octanol–water partition coefficient (Wildman–Crippen LogP) is 2.41. The fraction of sp³-hybridized carbons (Fsp3) is 0.481. The van der Waals surface area contributed by atoms with E-state index in [4.69, 9.17) is 4.74 Å². The Balaban J connectivity index is 1.28. The predicted molar refractivity (Wildman–Crippen MR) is 133 cm³/mol. The minimum absolute atomic E-state index is 0.0278. The van der Waals surface area contributed by atoms with Gasteiger partial charge in [0.15, 0.2) is 6.61 Å². The lowest BCUT2D eigenvalue weighted by Gasteiger charge is -2.36. The van der Waals surface area contributed by atoms with E-state index in [1.165, 1.54) is 0 Å². The van der Waals surface area contributed by atoms with Crippen LogP contribution in [-0.2, 0) is 9.59 Å². The molecule has 182 valence electrons. The molecular formula is C27H36N4O3. The molecule has 0 bridgehead atoms. The van der Waals surface area contributed by atoms with Crippen molar-refractivity contribution in [3.8, 4) is 5.75 Å². The molecule has 2 aromatic carbocycles. The first-order chi connectivity index (χ1) is 16.6. The van der Waals surface area contributed by atoms with Crippen molar-refractivity contribution in [3.63, 3.8) is 0 Å². The fourth-order valence-electron chi connectivity index (χ4n) is 4.64. The summed E-state index contributed by atoms with van der Waals surface area (Å²) in [4.78, 5) is 32.3. The summed E-state index contributed by atoms with van der Waals surface area (Å²) < 4.78 is 5.60. The second-order valence-electron chi connectivity index (χ2n) is 9.33. The van der Waals surface area contributed by atoms with Crippen LogP contribution < -0.4 is 10.1 Å². The number of benzene rings is 2. The maximum Gasteiger partial charge on any atom is 0.260 e. The van der Waals surface area contributed by atoms with E-state index in [-0.39, 0.29) is 30.4 Å². The summed E-state index contributed by atoms with van der Waals surface area (Å²) in [6.45, 7) is 6.15. The number of ether oxygens (including phenoxy) is 1. The highest BCUT2D eigenvalue weighted by atomic mass is 16.5. The Kier molecular flexibility index (Phi) is 8.55. The van der Waals surface area contributed by atoms with Crippen LogP contribution >= 0.6 is 0 Å². The molecule has 2 aliphatic heterocycles. The lowest BCUT2D eigenvalue weighted by atomic mass is 9.94. The van der Waals surface area contributed by atoms with Crippen LogP contribution in [0.25, 0.3) is 0 Å². The Labute approximate surface area is 202 Å². The largest absolute Gasteiger partial charge is 0.484 e. The van der Waals surface area contributed by atoms with Crippen LogP contribution in [0, 0.1) is 5.92 Å². The van der Waals surface area contributed by atoms with Crippen molar-refractivity contribution in [2.75, 3.05) is 59.5 Å². The zero-order chi connectivity index (χ0) is 23.8. The lowest BCUT2D eigenvalue weighted by Crippen LogP contribution is -2.49. The molecule has 0 radical (unpaired) electrons. The van der Waals surface area contributed by atoms with Gasteiger partial charge in [-0.05, 0) is 37.6 Å². The van der Waals surface area contributed by atoms with E-state index in [1.54, 1.807) is 0 Å². The lowest BCUT2D eigenvalue weighted by molar-refractivity contribution is -0.137. The zero-order valence-electron chi connectivity index (χ0n) is 20.1. The minimum atomic E-state index is -0.0715. The van der Waals surface area contributed by atoms with Crippen LogP contribution in [0.15, 0.2) is 60.7 Å². The Morgan fingerprint density at radius 1 is 0.912 bits per heavy atom. The molecule has 0 aliphatic carbocycles. The molecule has 2 saturated heterocycles. The Hall–Kier alpha value is -2.90. The summed E-state index contributed by atoms with van der Waals surface area (Å²) in [7, 11) is 2.15. The monoisotopic (exact) mass is 464 g/mol. The van der Waals surface area contributed by atoms with Gasteiger partial charge >= 0.3 is 0 Å². The average Bonchev–Trinajstić information content (AvgIpc) is 2.89. The van der Waals surface area contributed by atoms with Gasteiger partial charge in [-0.15, -0.1) is 0 Å². The number of nitrogens with zero attached hydrogens (tertiary/aromatic N) is 3. The van der Waals surface area contributed by atoms with E-state index in [0.29, 0.717) is 31.7 Å². The number of carbonyl (C=O) groups excluding carboxylic acids is 2. The Morgan fingerprint density at radius 2 is 1.53 bits per heavy atom. The van der Waals surface area contributed by atoms with E-state index < -0.39 is 0 Å². The maximum atomic E-state index is 13.2. The van der Waals surface area contributed by atoms with Crippen molar-refractivity contribution < 1.29 is 14.3 Å². The number of piperazine rings is 1. The molecule has 7 heteroatoms. The third kappa shape index (κ3) is 6.81. The van der Waals surface area contributed by atoms with Crippen LogP contribution in [0.4, 0.5) is 0 Å². The van der Waals surface area contributed by atoms with Crippen molar-refractivity contribution in [3.05, 3.63) is 66.2 Å². The standard InChI is InChI=1S/C27H36N4O3/c1-29-16-18-30(19-17-29)20-25(22-8-4-2-5-9-22)28-27(33)23-12-14-31(15-13-23)26(32)21-34-24-10-6-3-7-11-24/h2-11,23,25H,12-21H2,1H3,(H,28,33). The molecule has 0 saturated carbocycles. The second kappa shape index (κ2) is 12.0. The quantitative estimate of drug-likeness (QED) is 0.650. The molecule has 0 aromatic heterocycles. The van der Waals surface area contributed by atoms with Gasteiger partial charge in [-0.2, -0.15) is 0 Å². The number of hydrogen-bond donors (Lipinski definition) is 1. The molecule has 1 unspecified atom stereocenters. The van der Waals surface area contributed by atoms with Crippen molar-refractivity contribution in [2.45, 2.75) is 18.9 Å². The van der Waals surface area contributed by atoms with Crippen molar-refractivity contribution in [1.29, 1.82) is 0 Å². The molecule has 2 amide bonds. The van der Waals surface area contributed by atoms with Gasteiger partial charge < -0.3 is 19.9 Å². The van der Waals surface area contributed by atoms with Crippen LogP contribution in [0.3, 0.4) is 0 Å². The molecule has 2 aromatic rings. The van der Waals surface area contributed by atoms with Gasteiger partial charge in [-0.25, -0.2) is 0 Å². The van der Waals surface area contributed by atoms with E-state index in [1.807, 2.05) is 53.4 Å². The summed E-state index contributed by atoms with van der Waals surface area (Å²) in [6, 6.07) is 19.6. The molecule has 34 heavy (non-hydrogen) atoms. The van der Waals surface area contributed by atoms with Crippen molar-refractivity contribution >= 4 is 11.8 Å². The number of amides is 2. The first-order valence-electron chi connectivity index (χ1n) is 12.3. The topological polar surface area (TPSA) is 65.1 Å². The van der Waals surface area contributed by atoms with Crippen LogP contribution in [-0.4, -0.2) is 86.0 Å². The smallest absolute Gasteiger partial charge is 0.260 e. The Bertz CT molecular complexity index is 908. The third-order valence-corrected chi connectivity index (χ3v) is 6.88. The number of likely N-dealkylation sites (tertiary alicyclic amines) is 1. The highest BCUT2D eigenvalue weighted by Gasteiger charge is 2.29. The number of piperidine rings is 1. The number of rotatable bonds is 8. The number of hydrogen-bond acceptors (Lipinski definition) is 5. The fourth-order valence-corrected chi connectivity index (χ4v) is 4.64. The minimum Gasteiger partial charge on any atom is -0.484 e. The van der Waals surface area contributed by atoms with E-state index >= 15 is 0 Å². The van der Waals surface area contributed by atoms with E-state index in [2.05, 4.69) is 34.3 Å². The molecule has 4 rings (SSSR count). The zero-order valence-corrected chi connectivity index (χ0v) is 20.1. The summed E-state index contributed by atoms with van der Waals surface area (Å²) in [5, 5.41) is 3.33. The normalized spacial score (nSPS) is 18.9. The SMILES string of the molecule is CN1CCN(CC(NC(=O)C2CCN(C(=O)COc3ccccc3)CC2)c2ccccc2)CC1. The highest BCUT2D eigenvalue weighted by molar-refractivity contribution is 5.81. The van der Waals surface area contributed by atoms with Crippen LogP contribution in [0.5, 0.6) is 5.75 Å². The summed E-state index contributed by atoms with van der Waals surface area (Å²) >= 11 is 0.